The first-order valence-electron chi connectivity index (χ1n) is 6.43. The Kier molecular flexibility index (Phi) is 4.13. The number of hydrogen-bond acceptors (Lipinski definition) is 5. The van der Waals surface area contributed by atoms with Crippen LogP contribution in [-0.4, -0.2) is 31.9 Å². The van der Waals surface area contributed by atoms with Crippen molar-refractivity contribution < 1.29 is 9.47 Å². The molecule has 1 saturated heterocycles. The molecule has 1 aliphatic rings. The lowest BCUT2D eigenvalue weighted by atomic mass is 10.2. The Morgan fingerprint density at radius 3 is 3.00 bits per heavy atom. The van der Waals surface area contributed by atoms with Crippen molar-refractivity contribution in [3.05, 3.63) is 18.2 Å². The summed E-state index contributed by atoms with van der Waals surface area (Å²) in [4.78, 5) is 2.07. The van der Waals surface area contributed by atoms with Gasteiger partial charge in [0.2, 0.25) is 0 Å². The first-order chi connectivity index (χ1) is 9.11. The highest BCUT2D eigenvalue weighted by Crippen LogP contribution is 2.33. The SMILES string of the molecule is CC(C)Oc1cccc(N2CCOC(C#N)C2)c1N. The van der Waals surface area contributed by atoms with Gasteiger partial charge in [-0.25, -0.2) is 0 Å². The molecule has 1 unspecified atom stereocenters. The summed E-state index contributed by atoms with van der Waals surface area (Å²) in [5.41, 5.74) is 7.68. The van der Waals surface area contributed by atoms with E-state index in [2.05, 4.69) is 11.0 Å². The molecule has 0 aliphatic carbocycles. The van der Waals surface area contributed by atoms with E-state index in [9.17, 15) is 0 Å². The van der Waals surface area contributed by atoms with Crippen molar-refractivity contribution in [1.82, 2.24) is 0 Å². The topological polar surface area (TPSA) is 71.5 Å². The first kappa shape index (κ1) is 13.5. The van der Waals surface area contributed by atoms with E-state index in [0.717, 1.165) is 12.2 Å². The molecule has 102 valence electrons. The summed E-state index contributed by atoms with van der Waals surface area (Å²) in [6.45, 7) is 5.73. The third kappa shape index (κ3) is 3.09. The molecule has 19 heavy (non-hydrogen) atoms. The summed E-state index contributed by atoms with van der Waals surface area (Å²) in [5, 5.41) is 8.94. The molecule has 0 spiro atoms. The molecule has 5 nitrogen and oxygen atoms in total. The van der Waals surface area contributed by atoms with Crippen molar-refractivity contribution in [2.24, 2.45) is 0 Å². The van der Waals surface area contributed by atoms with Gasteiger partial charge in [0.15, 0.2) is 6.10 Å². The Balaban J connectivity index is 2.22. The number of benzene rings is 1. The summed E-state index contributed by atoms with van der Waals surface area (Å²) >= 11 is 0. The van der Waals surface area contributed by atoms with Crippen LogP contribution in [0.4, 0.5) is 11.4 Å². The van der Waals surface area contributed by atoms with Gasteiger partial charge in [-0.3, -0.25) is 0 Å². The number of nitriles is 1. The van der Waals surface area contributed by atoms with Gasteiger partial charge in [-0.2, -0.15) is 5.26 Å². The Hall–Kier alpha value is -1.93. The molecule has 1 heterocycles. The Morgan fingerprint density at radius 1 is 1.53 bits per heavy atom. The molecule has 1 atom stereocenters. The largest absolute Gasteiger partial charge is 0.489 e. The fourth-order valence-corrected chi connectivity index (χ4v) is 2.11. The highest BCUT2D eigenvalue weighted by Gasteiger charge is 2.22. The molecule has 1 aliphatic heterocycles. The minimum absolute atomic E-state index is 0.0779. The highest BCUT2D eigenvalue weighted by molar-refractivity contribution is 5.74. The number of nitrogens with two attached hydrogens (primary N) is 1. The van der Waals surface area contributed by atoms with Crippen LogP contribution in [0.2, 0.25) is 0 Å². The molecule has 5 heteroatoms. The van der Waals surface area contributed by atoms with Crippen molar-refractivity contribution in [1.29, 1.82) is 5.26 Å². The number of hydrogen-bond donors (Lipinski definition) is 1. The van der Waals surface area contributed by atoms with E-state index in [0.29, 0.717) is 24.6 Å². The molecule has 2 rings (SSSR count). The van der Waals surface area contributed by atoms with Gasteiger partial charge in [0.1, 0.15) is 5.75 Å². The zero-order chi connectivity index (χ0) is 13.8. The first-order valence-corrected chi connectivity index (χ1v) is 6.43. The third-order valence-corrected chi connectivity index (χ3v) is 2.96. The maximum atomic E-state index is 8.94. The van der Waals surface area contributed by atoms with Crippen molar-refractivity contribution >= 4 is 11.4 Å². The van der Waals surface area contributed by atoms with E-state index in [-0.39, 0.29) is 6.10 Å². The number of ether oxygens (including phenoxy) is 2. The van der Waals surface area contributed by atoms with E-state index in [1.165, 1.54) is 0 Å². The smallest absolute Gasteiger partial charge is 0.161 e. The van der Waals surface area contributed by atoms with Crippen molar-refractivity contribution in [3.8, 4) is 11.8 Å². The van der Waals surface area contributed by atoms with E-state index in [4.69, 9.17) is 20.5 Å². The van der Waals surface area contributed by atoms with E-state index in [1.807, 2.05) is 32.0 Å². The van der Waals surface area contributed by atoms with Gasteiger partial charge in [0.25, 0.3) is 0 Å². The standard InChI is InChI=1S/C14H19N3O2/c1-10(2)19-13-5-3-4-12(14(13)16)17-6-7-18-11(8-15)9-17/h3-5,10-11H,6-7,9,16H2,1-2H3. The second kappa shape index (κ2) is 5.81. The van der Waals surface area contributed by atoms with Crippen molar-refractivity contribution in [2.75, 3.05) is 30.3 Å². The molecule has 0 radical (unpaired) electrons. The van der Waals surface area contributed by atoms with Crippen molar-refractivity contribution in [2.45, 2.75) is 26.1 Å². The average Bonchev–Trinajstić information content (AvgIpc) is 2.41. The second-order valence-electron chi connectivity index (χ2n) is 4.79. The van der Waals surface area contributed by atoms with Crippen LogP contribution in [0.15, 0.2) is 18.2 Å². The highest BCUT2D eigenvalue weighted by atomic mass is 16.5. The summed E-state index contributed by atoms with van der Waals surface area (Å²) in [6.07, 6.45) is -0.322. The zero-order valence-corrected chi connectivity index (χ0v) is 11.3. The van der Waals surface area contributed by atoms with Gasteiger partial charge in [0.05, 0.1) is 36.7 Å². The van der Waals surface area contributed by atoms with Crippen LogP contribution in [0.5, 0.6) is 5.75 Å². The molecule has 1 aromatic rings. The molecular weight excluding hydrogens is 242 g/mol. The number of anilines is 2. The molecule has 1 aromatic carbocycles. The number of morpholine rings is 1. The van der Waals surface area contributed by atoms with Crippen molar-refractivity contribution in [3.63, 3.8) is 0 Å². The molecular formula is C14H19N3O2. The zero-order valence-electron chi connectivity index (χ0n) is 11.3. The van der Waals surface area contributed by atoms with Crippen LogP contribution in [0, 0.1) is 11.3 Å². The number of nitrogen functional groups attached to an aromatic ring is 1. The monoisotopic (exact) mass is 261 g/mol. The van der Waals surface area contributed by atoms with Gasteiger partial charge in [0, 0.05) is 6.54 Å². The van der Waals surface area contributed by atoms with Gasteiger partial charge in [-0.05, 0) is 26.0 Å². The van der Waals surface area contributed by atoms with Gasteiger partial charge >= 0.3 is 0 Å². The van der Waals surface area contributed by atoms with Crippen LogP contribution in [-0.2, 0) is 4.74 Å². The minimum Gasteiger partial charge on any atom is -0.489 e. The predicted octanol–water partition coefficient (Wildman–Crippen LogP) is 1.78. The fraction of sp³-hybridized carbons (Fsp3) is 0.500. The molecule has 0 bridgehead atoms. The normalized spacial score (nSPS) is 19.3. The lowest BCUT2D eigenvalue weighted by Crippen LogP contribution is -2.42. The number of nitrogens with zero attached hydrogens (tertiary/aromatic N) is 2. The molecule has 0 saturated carbocycles. The van der Waals surface area contributed by atoms with Crippen LogP contribution in [0.1, 0.15) is 13.8 Å². The lowest BCUT2D eigenvalue weighted by Gasteiger charge is -2.32. The van der Waals surface area contributed by atoms with E-state index in [1.54, 1.807) is 0 Å². The average molecular weight is 261 g/mol. The number of rotatable bonds is 3. The molecule has 0 aromatic heterocycles. The number of para-hydroxylation sites is 1. The van der Waals surface area contributed by atoms with Crippen LogP contribution < -0.4 is 15.4 Å². The molecule has 1 fully saturated rings. The summed E-state index contributed by atoms with van der Waals surface area (Å²) in [5.74, 6) is 0.687. The summed E-state index contributed by atoms with van der Waals surface area (Å²) < 4.78 is 11.0. The lowest BCUT2D eigenvalue weighted by molar-refractivity contribution is 0.0765. The Labute approximate surface area is 113 Å². The Morgan fingerprint density at radius 2 is 2.32 bits per heavy atom. The molecule has 0 amide bonds. The molecule has 2 N–H and O–H groups in total. The fourth-order valence-electron chi connectivity index (χ4n) is 2.11. The van der Waals surface area contributed by atoms with Crippen LogP contribution in [0.25, 0.3) is 0 Å². The van der Waals surface area contributed by atoms with E-state index < -0.39 is 6.10 Å². The van der Waals surface area contributed by atoms with Gasteiger partial charge in [-0.1, -0.05) is 6.07 Å². The predicted molar refractivity (Wildman–Crippen MR) is 74.2 cm³/mol. The van der Waals surface area contributed by atoms with Crippen LogP contribution in [0.3, 0.4) is 0 Å². The minimum atomic E-state index is -0.400. The Bertz CT molecular complexity index is 482. The summed E-state index contributed by atoms with van der Waals surface area (Å²) in [7, 11) is 0. The summed E-state index contributed by atoms with van der Waals surface area (Å²) in [6, 6.07) is 7.86. The maximum Gasteiger partial charge on any atom is 0.161 e. The van der Waals surface area contributed by atoms with Crippen LogP contribution >= 0.6 is 0 Å². The second-order valence-corrected chi connectivity index (χ2v) is 4.79. The quantitative estimate of drug-likeness (QED) is 0.840. The third-order valence-electron chi connectivity index (χ3n) is 2.96. The van der Waals surface area contributed by atoms with Gasteiger partial charge in [-0.15, -0.1) is 0 Å². The van der Waals surface area contributed by atoms with E-state index >= 15 is 0 Å². The van der Waals surface area contributed by atoms with Gasteiger partial charge < -0.3 is 20.1 Å². The maximum absolute atomic E-state index is 8.94.